The summed E-state index contributed by atoms with van der Waals surface area (Å²) >= 11 is 0. The molecular weight excluding hydrogens is 202 g/mol. The zero-order valence-corrected chi connectivity index (χ0v) is 10.8. The predicted molar refractivity (Wildman–Crippen MR) is 64.9 cm³/mol. The lowest BCUT2D eigenvalue weighted by atomic mass is 9.77. The molecule has 0 aromatic heterocycles. The molecule has 0 aromatic carbocycles. The molecule has 0 amide bonds. The lowest BCUT2D eigenvalue weighted by molar-refractivity contribution is -0.154. The molecular formula is C13H25NO2. The molecule has 94 valence electrons. The fraction of sp³-hybridized carbons (Fsp3) is 0.923. The fourth-order valence-corrected chi connectivity index (χ4v) is 2.49. The van der Waals surface area contributed by atoms with E-state index < -0.39 is 0 Å². The van der Waals surface area contributed by atoms with Crippen LogP contribution >= 0.6 is 0 Å². The molecule has 3 heteroatoms. The number of methoxy groups -OCH3 is 1. The molecule has 0 aromatic rings. The number of carbonyl (C=O) groups is 1. The third kappa shape index (κ3) is 2.97. The molecule has 0 radical (unpaired) electrons. The molecule has 0 heterocycles. The summed E-state index contributed by atoms with van der Waals surface area (Å²) in [7, 11) is 1.47. The first kappa shape index (κ1) is 13.5. The van der Waals surface area contributed by atoms with Crippen molar-refractivity contribution in [1.29, 1.82) is 0 Å². The first-order valence-corrected chi connectivity index (χ1v) is 6.35. The smallest absolute Gasteiger partial charge is 0.313 e. The molecule has 1 aliphatic rings. The minimum atomic E-state index is -0.385. The van der Waals surface area contributed by atoms with Gasteiger partial charge in [0, 0.05) is 6.54 Å². The molecule has 0 bridgehead atoms. The third-order valence-corrected chi connectivity index (χ3v) is 3.72. The van der Waals surface area contributed by atoms with Crippen molar-refractivity contribution in [3.8, 4) is 0 Å². The fourth-order valence-electron chi connectivity index (χ4n) is 2.49. The minimum Gasteiger partial charge on any atom is -0.469 e. The van der Waals surface area contributed by atoms with Gasteiger partial charge in [0.1, 0.15) is 0 Å². The Morgan fingerprint density at radius 3 is 2.50 bits per heavy atom. The number of ether oxygens (including phenoxy) is 1. The lowest BCUT2D eigenvalue weighted by Gasteiger charge is -2.29. The highest BCUT2D eigenvalue weighted by molar-refractivity contribution is 5.78. The minimum absolute atomic E-state index is 0.0961. The van der Waals surface area contributed by atoms with E-state index in [1.807, 2.05) is 0 Å². The number of nitrogens with two attached hydrogens (primary N) is 1. The molecule has 1 atom stereocenters. The quantitative estimate of drug-likeness (QED) is 0.679. The Morgan fingerprint density at radius 2 is 2.12 bits per heavy atom. The van der Waals surface area contributed by atoms with E-state index in [0.717, 1.165) is 32.1 Å². The van der Waals surface area contributed by atoms with Crippen molar-refractivity contribution in [2.24, 2.45) is 23.0 Å². The van der Waals surface area contributed by atoms with Crippen molar-refractivity contribution < 1.29 is 9.53 Å². The maximum Gasteiger partial charge on any atom is 0.313 e. The zero-order chi connectivity index (χ0) is 12.2. The molecule has 0 aliphatic heterocycles. The molecule has 1 unspecified atom stereocenters. The van der Waals surface area contributed by atoms with E-state index in [1.165, 1.54) is 7.11 Å². The molecule has 1 fully saturated rings. The van der Waals surface area contributed by atoms with Crippen LogP contribution in [0.15, 0.2) is 0 Å². The van der Waals surface area contributed by atoms with Gasteiger partial charge in [-0.3, -0.25) is 4.79 Å². The number of esters is 1. The maximum absolute atomic E-state index is 11.9. The topological polar surface area (TPSA) is 52.3 Å². The van der Waals surface area contributed by atoms with E-state index >= 15 is 0 Å². The standard InChI is InChI=1S/C13H25NO2/c1-10(2)5-4-8-13(9-14,11-6-7-11)12(15)16-3/h10-11H,4-9,14H2,1-3H3. The molecule has 0 saturated heterocycles. The van der Waals surface area contributed by atoms with Crippen LogP contribution in [-0.4, -0.2) is 19.6 Å². The van der Waals surface area contributed by atoms with Crippen LogP contribution in [0.2, 0.25) is 0 Å². The Balaban J connectivity index is 2.58. The van der Waals surface area contributed by atoms with E-state index in [2.05, 4.69) is 13.8 Å². The van der Waals surface area contributed by atoms with Crippen molar-refractivity contribution in [1.82, 2.24) is 0 Å². The first-order valence-electron chi connectivity index (χ1n) is 6.35. The van der Waals surface area contributed by atoms with Gasteiger partial charge in [-0.1, -0.05) is 26.7 Å². The van der Waals surface area contributed by atoms with Gasteiger partial charge < -0.3 is 10.5 Å². The van der Waals surface area contributed by atoms with Crippen molar-refractivity contribution >= 4 is 5.97 Å². The van der Waals surface area contributed by atoms with Gasteiger partial charge in [0.15, 0.2) is 0 Å². The largest absolute Gasteiger partial charge is 0.469 e. The highest BCUT2D eigenvalue weighted by Gasteiger charge is 2.50. The number of hydrogen-bond donors (Lipinski definition) is 1. The van der Waals surface area contributed by atoms with Crippen molar-refractivity contribution in [2.45, 2.75) is 46.0 Å². The van der Waals surface area contributed by atoms with E-state index in [1.54, 1.807) is 0 Å². The Bertz CT molecular complexity index is 236. The summed E-state index contributed by atoms with van der Waals surface area (Å²) in [5, 5.41) is 0. The van der Waals surface area contributed by atoms with Gasteiger partial charge in [-0.05, 0) is 31.1 Å². The van der Waals surface area contributed by atoms with Crippen LogP contribution in [0.5, 0.6) is 0 Å². The summed E-state index contributed by atoms with van der Waals surface area (Å²) in [4.78, 5) is 11.9. The Hall–Kier alpha value is -0.570. The van der Waals surface area contributed by atoms with Crippen LogP contribution in [0.3, 0.4) is 0 Å². The van der Waals surface area contributed by atoms with Crippen LogP contribution in [-0.2, 0) is 9.53 Å². The van der Waals surface area contributed by atoms with Gasteiger partial charge >= 0.3 is 5.97 Å². The van der Waals surface area contributed by atoms with Crippen LogP contribution in [0.1, 0.15) is 46.0 Å². The van der Waals surface area contributed by atoms with Gasteiger partial charge in [-0.15, -0.1) is 0 Å². The van der Waals surface area contributed by atoms with Gasteiger partial charge in [0.05, 0.1) is 12.5 Å². The maximum atomic E-state index is 11.9. The summed E-state index contributed by atoms with van der Waals surface area (Å²) in [6.45, 7) is 4.85. The van der Waals surface area contributed by atoms with Crippen LogP contribution < -0.4 is 5.73 Å². The van der Waals surface area contributed by atoms with Crippen LogP contribution in [0.25, 0.3) is 0 Å². The van der Waals surface area contributed by atoms with Gasteiger partial charge in [-0.2, -0.15) is 0 Å². The van der Waals surface area contributed by atoms with Crippen molar-refractivity contribution in [2.75, 3.05) is 13.7 Å². The molecule has 1 aliphatic carbocycles. The average Bonchev–Trinajstić information content (AvgIpc) is 3.07. The molecule has 1 saturated carbocycles. The second kappa shape index (κ2) is 5.67. The number of rotatable bonds is 7. The van der Waals surface area contributed by atoms with Crippen molar-refractivity contribution in [3.63, 3.8) is 0 Å². The van der Waals surface area contributed by atoms with Crippen LogP contribution in [0, 0.1) is 17.3 Å². The summed E-state index contributed by atoms with van der Waals surface area (Å²) in [6.07, 6.45) is 5.38. The molecule has 0 spiro atoms. The van der Waals surface area contributed by atoms with Gasteiger partial charge in [0.25, 0.3) is 0 Å². The van der Waals surface area contributed by atoms with Crippen molar-refractivity contribution in [3.05, 3.63) is 0 Å². The lowest BCUT2D eigenvalue weighted by Crippen LogP contribution is -2.41. The molecule has 2 N–H and O–H groups in total. The average molecular weight is 227 g/mol. The second-order valence-electron chi connectivity index (χ2n) is 5.41. The molecule has 1 rings (SSSR count). The van der Waals surface area contributed by atoms with E-state index in [9.17, 15) is 4.79 Å². The monoisotopic (exact) mass is 227 g/mol. The normalized spacial score (nSPS) is 19.6. The Morgan fingerprint density at radius 1 is 1.50 bits per heavy atom. The summed E-state index contributed by atoms with van der Waals surface area (Å²) in [6, 6.07) is 0. The van der Waals surface area contributed by atoms with E-state index in [0.29, 0.717) is 18.4 Å². The summed E-state index contributed by atoms with van der Waals surface area (Å²) in [5.41, 5.74) is 5.46. The van der Waals surface area contributed by atoms with E-state index in [-0.39, 0.29) is 11.4 Å². The molecule has 3 nitrogen and oxygen atoms in total. The summed E-state index contributed by atoms with van der Waals surface area (Å²) < 4.78 is 4.95. The zero-order valence-electron chi connectivity index (χ0n) is 10.8. The SMILES string of the molecule is COC(=O)C(CN)(CCCC(C)C)C1CC1. The van der Waals surface area contributed by atoms with Gasteiger partial charge in [-0.25, -0.2) is 0 Å². The Kier molecular flexibility index (Phi) is 4.78. The number of carbonyl (C=O) groups excluding carboxylic acids is 1. The third-order valence-electron chi connectivity index (χ3n) is 3.72. The highest BCUT2D eigenvalue weighted by atomic mass is 16.5. The van der Waals surface area contributed by atoms with Crippen LogP contribution in [0.4, 0.5) is 0 Å². The van der Waals surface area contributed by atoms with Gasteiger partial charge in [0.2, 0.25) is 0 Å². The summed E-state index contributed by atoms with van der Waals surface area (Å²) in [5.74, 6) is 1.06. The number of hydrogen-bond acceptors (Lipinski definition) is 3. The Labute approximate surface area is 98.7 Å². The van der Waals surface area contributed by atoms with E-state index in [4.69, 9.17) is 10.5 Å². The first-order chi connectivity index (χ1) is 7.56. The molecule has 16 heavy (non-hydrogen) atoms. The highest BCUT2D eigenvalue weighted by Crippen LogP contribution is 2.48. The second-order valence-corrected chi connectivity index (χ2v) is 5.41. The predicted octanol–water partition coefficient (Wildman–Crippen LogP) is 2.34.